The van der Waals surface area contributed by atoms with Crippen LogP contribution in [0.3, 0.4) is 0 Å². The number of benzene rings is 1. The Bertz CT molecular complexity index is 405. The Hall–Kier alpha value is -1.51. The van der Waals surface area contributed by atoms with Gasteiger partial charge in [-0.3, -0.25) is 0 Å². The smallest absolute Gasteiger partial charge is 0.337 e. The molecule has 3 nitrogen and oxygen atoms in total. The monoisotopic (exact) mass is 235 g/mol. The van der Waals surface area contributed by atoms with Crippen molar-refractivity contribution in [3.05, 3.63) is 29.3 Å². The number of hydrogen-bond donors (Lipinski definition) is 2. The van der Waals surface area contributed by atoms with Crippen LogP contribution in [0.4, 0.5) is 5.69 Å². The third-order valence-electron chi connectivity index (χ3n) is 2.60. The number of hydrogen-bond acceptors (Lipinski definition) is 2. The second kappa shape index (κ2) is 5.21. The topological polar surface area (TPSA) is 49.3 Å². The first-order valence-corrected chi connectivity index (χ1v) is 5.87. The van der Waals surface area contributed by atoms with E-state index in [0.29, 0.717) is 11.3 Å². The van der Waals surface area contributed by atoms with Crippen LogP contribution in [0, 0.1) is 12.3 Å². The highest BCUT2D eigenvalue weighted by molar-refractivity contribution is 5.94. The fourth-order valence-corrected chi connectivity index (χ4v) is 1.56. The van der Waals surface area contributed by atoms with Crippen molar-refractivity contribution < 1.29 is 9.90 Å². The highest BCUT2D eigenvalue weighted by Gasteiger charge is 2.12. The Morgan fingerprint density at radius 3 is 2.53 bits per heavy atom. The van der Waals surface area contributed by atoms with Gasteiger partial charge in [0, 0.05) is 12.2 Å². The van der Waals surface area contributed by atoms with Gasteiger partial charge >= 0.3 is 5.97 Å². The Labute approximate surface area is 103 Å². The van der Waals surface area contributed by atoms with Gasteiger partial charge in [0.1, 0.15) is 0 Å². The van der Waals surface area contributed by atoms with E-state index in [1.54, 1.807) is 6.07 Å². The van der Waals surface area contributed by atoms with Crippen molar-refractivity contribution in [1.82, 2.24) is 0 Å². The standard InChI is InChI=1S/C14H21NO2/c1-10-5-6-12(11(9-10)13(16)17)15-8-7-14(2,3)4/h5-6,9,15H,7-8H2,1-4H3,(H,16,17). The highest BCUT2D eigenvalue weighted by atomic mass is 16.4. The third kappa shape index (κ3) is 4.47. The van der Waals surface area contributed by atoms with Crippen molar-refractivity contribution in [1.29, 1.82) is 0 Å². The summed E-state index contributed by atoms with van der Waals surface area (Å²) in [6.45, 7) is 9.18. The summed E-state index contributed by atoms with van der Waals surface area (Å²) in [5, 5.41) is 12.3. The fraction of sp³-hybridized carbons (Fsp3) is 0.500. The Morgan fingerprint density at radius 1 is 1.35 bits per heavy atom. The maximum absolute atomic E-state index is 11.1. The number of rotatable bonds is 4. The van der Waals surface area contributed by atoms with Crippen LogP contribution >= 0.6 is 0 Å². The molecule has 0 saturated heterocycles. The van der Waals surface area contributed by atoms with Gasteiger partial charge in [-0.15, -0.1) is 0 Å². The van der Waals surface area contributed by atoms with Crippen LogP contribution in [0.5, 0.6) is 0 Å². The molecule has 0 amide bonds. The van der Waals surface area contributed by atoms with Gasteiger partial charge < -0.3 is 10.4 Å². The van der Waals surface area contributed by atoms with E-state index in [1.807, 2.05) is 19.1 Å². The molecule has 0 heterocycles. The van der Waals surface area contributed by atoms with E-state index in [1.165, 1.54) is 0 Å². The van der Waals surface area contributed by atoms with E-state index in [2.05, 4.69) is 26.1 Å². The summed E-state index contributed by atoms with van der Waals surface area (Å²) in [6.07, 6.45) is 1.000. The van der Waals surface area contributed by atoms with Crippen LogP contribution in [0.1, 0.15) is 43.1 Å². The first-order chi connectivity index (χ1) is 7.79. The molecule has 0 aromatic heterocycles. The number of carboxylic acid groups (broad SMARTS) is 1. The number of nitrogens with one attached hydrogen (secondary N) is 1. The Kier molecular flexibility index (Phi) is 4.16. The Morgan fingerprint density at radius 2 is 2.00 bits per heavy atom. The summed E-state index contributed by atoms with van der Waals surface area (Å²) < 4.78 is 0. The maximum Gasteiger partial charge on any atom is 0.337 e. The molecule has 0 radical (unpaired) electrons. The van der Waals surface area contributed by atoms with Crippen molar-refractivity contribution in [2.75, 3.05) is 11.9 Å². The van der Waals surface area contributed by atoms with E-state index < -0.39 is 5.97 Å². The molecule has 0 aliphatic heterocycles. The lowest BCUT2D eigenvalue weighted by Gasteiger charge is -2.19. The quantitative estimate of drug-likeness (QED) is 0.839. The van der Waals surface area contributed by atoms with Gasteiger partial charge in [0.15, 0.2) is 0 Å². The molecule has 0 atom stereocenters. The second-order valence-electron chi connectivity index (χ2n) is 5.59. The lowest BCUT2D eigenvalue weighted by atomic mass is 9.92. The van der Waals surface area contributed by atoms with Crippen molar-refractivity contribution in [2.24, 2.45) is 5.41 Å². The highest BCUT2D eigenvalue weighted by Crippen LogP contribution is 2.21. The second-order valence-corrected chi connectivity index (χ2v) is 5.59. The first kappa shape index (κ1) is 13.6. The molecule has 94 valence electrons. The molecular weight excluding hydrogens is 214 g/mol. The minimum Gasteiger partial charge on any atom is -0.478 e. The molecule has 1 aromatic carbocycles. The van der Waals surface area contributed by atoms with Crippen LogP contribution in [0.25, 0.3) is 0 Å². The summed E-state index contributed by atoms with van der Waals surface area (Å²) in [5.74, 6) is -0.882. The molecule has 17 heavy (non-hydrogen) atoms. The predicted octanol–water partition coefficient (Wildman–Crippen LogP) is 3.54. The zero-order valence-corrected chi connectivity index (χ0v) is 11.0. The van der Waals surface area contributed by atoms with Gasteiger partial charge in [-0.1, -0.05) is 32.4 Å². The summed E-state index contributed by atoms with van der Waals surface area (Å²) in [7, 11) is 0. The summed E-state index contributed by atoms with van der Waals surface area (Å²) >= 11 is 0. The van der Waals surface area contributed by atoms with E-state index in [-0.39, 0.29) is 5.41 Å². The van der Waals surface area contributed by atoms with Gasteiger partial charge in [0.25, 0.3) is 0 Å². The Balaban J connectivity index is 2.74. The van der Waals surface area contributed by atoms with Crippen LogP contribution in [-0.4, -0.2) is 17.6 Å². The van der Waals surface area contributed by atoms with E-state index in [9.17, 15) is 4.79 Å². The minimum absolute atomic E-state index is 0.251. The average molecular weight is 235 g/mol. The molecular formula is C14H21NO2. The molecule has 2 N–H and O–H groups in total. The largest absolute Gasteiger partial charge is 0.478 e. The molecule has 0 bridgehead atoms. The normalized spacial score (nSPS) is 11.3. The van der Waals surface area contributed by atoms with E-state index >= 15 is 0 Å². The number of aryl methyl sites for hydroxylation is 1. The number of carboxylic acids is 1. The minimum atomic E-state index is -0.882. The van der Waals surface area contributed by atoms with Crippen LogP contribution in [-0.2, 0) is 0 Å². The lowest BCUT2D eigenvalue weighted by Crippen LogP contribution is -2.14. The molecule has 0 saturated carbocycles. The zero-order valence-electron chi connectivity index (χ0n) is 11.0. The van der Waals surface area contributed by atoms with E-state index in [0.717, 1.165) is 18.5 Å². The fourth-order valence-electron chi connectivity index (χ4n) is 1.56. The lowest BCUT2D eigenvalue weighted by molar-refractivity contribution is 0.0698. The molecule has 1 rings (SSSR count). The van der Waals surface area contributed by atoms with Crippen molar-refractivity contribution in [3.8, 4) is 0 Å². The molecule has 0 fully saturated rings. The van der Waals surface area contributed by atoms with Crippen molar-refractivity contribution in [2.45, 2.75) is 34.1 Å². The van der Waals surface area contributed by atoms with Crippen molar-refractivity contribution in [3.63, 3.8) is 0 Å². The van der Waals surface area contributed by atoms with Gasteiger partial charge in [0.2, 0.25) is 0 Å². The van der Waals surface area contributed by atoms with Gasteiger partial charge in [0.05, 0.1) is 5.56 Å². The molecule has 0 aliphatic carbocycles. The maximum atomic E-state index is 11.1. The molecule has 3 heteroatoms. The van der Waals surface area contributed by atoms with Crippen molar-refractivity contribution >= 4 is 11.7 Å². The number of anilines is 1. The van der Waals surface area contributed by atoms with Crippen LogP contribution < -0.4 is 5.32 Å². The van der Waals surface area contributed by atoms with Gasteiger partial charge in [-0.25, -0.2) is 4.79 Å². The van der Waals surface area contributed by atoms with E-state index in [4.69, 9.17) is 5.11 Å². The third-order valence-corrected chi connectivity index (χ3v) is 2.60. The zero-order chi connectivity index (χ0) is 13.1. The average Bonchev–Trinajstić information content (AvgIpc) is 2.18. The number of carbonyl (C=O) groups is 1. The molecule has 1 aromatic rings. The van der Waals surface area contributed by atoms with Gasteiger partial charge in [-0.2, -0.15) is 0 Å². The summed E-state index contributed by atoms with van der Waals surface area (Å²) in [6, 6.07) is 5.45. The van der Waals surface area contributed by atoms with Crippen LogP contribution in [0.2, 0.25) is 0 Å². The molecule has 0 spiro atoms. The summed E-state index contributed by atoms with van der Waals surface area (Å²) in [4.78, 5) is 11.1. The SMILES string of the molecule is Cc1ccc(NCCC(C)(C)C)c(C(=O)O)c1. The number of aromatic carboxylic acids is 1. The first-order valence-electron chi connectivity index (χ1n) is 5.87. The van der Waals surface area contributed by atoms with Crippen LogP contribution in [0.15, 0.2) is 18.2 Å². The van der Waals surface area contributed by atoms with Gasteiger partial charge in [-0.05, 0) is 30.9 Å². The molecule has 0 unspecified atom stereocenters. The predicted molar refractivity (Wildman–Crippen MR) is 70.7 cm³/mol. The molecule has 0 aliphatic rings. The summed E-state index contributed by atoms with van der Waals surface area (Å²) in [5.41, 5.74) is 2.26.